The van der Waals surface area contributed by atoms with Crippen molar-refractivity contribution in [1.82, 2.24) is 9.80 Å². The van der Waals surface area contributed by atoms with E-state index in [2.05, 4.69) is 11.8 Å². The van der Waals surface area contributed by atoms with Crippen molar-refractivity contribution in [3.05, 3.63) is 71.3 Å². The highest BCUT2D eigenvalue weighted by atomic mass is 16.5. The minimum absolute atomic E-state index is 0.123. The van der Waals surface area contributed by atoms with E-state index in [0.717, 1.165) is 57.7 Å². The summed E-state index contributed by atoms with van der Waals surface area (Å²) in [5.41, 5.74) is 1.39. The molecule has 0 bridgehead atoms. The number of hydrogen-bond donors (Lipinski definition) is 1. The third-order valence-corrected chi connectivity index (χ3v) is 6.51. The summed E-state index contributed by atoms with van der Waals surface area (Å²) in [5.74, 6) is -0.773. The van der Waals surface area contributed by atoms with Gasteiger partial charge in [-0.25, -0.2) is 0 Å². The first kappa shape index (κ1) is 24.9. The molecule has 186 valence electrons. The van der Waals surface area contributed by atoms with Crippen molar-refractivity contribution in [2.45, 2.75) is 32.2 Å². The van der Waals surface area contributed by atoms with E-state index in [-0.39, 0.29) is 11.3 Å². The summed E-state index contributed by atoms with van der Waals surface area (Å²) < 4.78 is 11.2. The van der Waals surface area contributed by atoms with E-state index in [1.807, 2.05) is 36.4 Å². The van der Waals surface area contributed by atoms with Gasteiger partial charge in [0.1, 0.15) is 11.5 Å². The molecule has 2 heterocycles. The van der Waals surface area contributed by atoms with Crippen LogP contribution < -0.4 is 4.74 Å². The summed E-state index contributed by atoms with van der Waals surface area (Å²) in [6.07, 6.45) is 2.68. The molecule has 0 radical (unpaired) electrons. The first-order valence-corrected chi connectivity index (χ1v) is 12.5. The van der Waals surface area contributed by atoms with Crippen LogP contribution in [0.4, 0.5) is 0 Å². The zero-order valence-corrected chi connectivity index (χ0v) is 20.3. The zero-order valence-electron chi connectivity index (χ0n) is 20.3. The summed E-state index contributed by atoms with van der Waals surface area (Å²) in [7, 11) is 0. The zero-order chi connectivity index (χ0) is 24.6. The molecular formula is C28H34N2O5. The molecule has 0 saturated carbocycles. The van der Waals surface area contributed by atoms with Crippen molar-refractivity contribution in [3.63, 3.8) is 0 Å². The Morgan fingerprint density at radius 3 is 2.54 bits per heavy atom. The molecule has 1 unspecified atom stereocenters. The standard InChI is InChI=1S/C28H34N2O5/c1-2-3-17-35-23-12-7-11-22(20-23)26(31)24-25(21-9-5-4-6-10-21)30(28(33)27(24)32)14-8-13-29-15-18-34-19-16-29/h4-7,9-12,20,25,31H,2-3,8,13-19H2,1H3. The molecule has 1 N–H and O–H groups in total. The topological polar surface area (TPSA) is 79.3 Å². The van der Waals surface area contributed by atoms with Crippen molar-refractivity contribution in [2.75, 3.05) is 46.0 Å². The number of ether oxygens (including phenoxy) is 2. The van der Waals surface area contributed by atoms with Crippen molar-refractivity contribution in [2.24, 2.45) is 0 Å². The number of amides is 1. The molecule has 2 aromatic rings. The van der Waals surface area contributed by atoms with Crippen LogP contribution in [0.3, 0.4) is 0 Å². The predicted molar refractivity (Wildman–Crippen MR) is 134 cm³/mol. The molecule has 2 fully saturated rings. The lowest BCUT2D eigenvalue weighted by Gasteiger charge is -2.29. The van der Waals surface area contributed by atoms with Gasteiger partial charge in [-0.3, -0.25) is 14.5 Å². The van der Waals surface area contributed by atoms with Gasteiger partial charge in [-0.05, 0) is 30.5 Å². The Morgan fingerprint density at radius 1 is 1.03 bits per heavy atom. The second-order valence-corrected chi connectivity index (χ2v) is 8.94. The number of Topliss-reactive ketones (excluding diaryl/α,β-unsaturated/α-hetero) is 1. The van der Waals surface area contributed by atoms with E-state index in [9.17, 15) is 14.7 Å². The molecule has 1 amide bonds. The maximum Gasteiger partial charge on any atom is 0.295 e. The SMILES string of the molecule is CCCCOc1cccc(C(O)=C2C(=O)C(=O)N(CCCN3CCOCC3)C2c2ccccc2)c1. The van der Waals surface area contributed by atoms with Gasteiger partial charge >= 0.3 is 0 Å². The number of unbranched alkanes of at least 4 members (excludes halogenated alkanes) is 1. The minimum atomic E-state index is -0.653. The van der Waals surface area contributed by atoms with Gasteiger partial charge < -0.3 is 19.5 Å². The molecule has 35 heavy (non-hydrogen) atoms. The number of rotatable bonds is 10. The predicted octanol–water partition coefficient (Wildman–Crippen LogP) is 4.01. The Hall–Kier alpha value is -3.16. The molecule has 7 nitrogen and oxygen atoms in total. The first-order valence-electron chi connectivity index (χ1n) is 12.5. The molecule has 2 aliphatic heterocycles. The molecule has 2 aromatic carbocycles. The largest absolute Gasteiger partial charge is 0.507 e. The first-order chi connectivity index (χ1) is 17.1. The lowest BCUT2D eigenvalue weighted by molar-refractivity contribution is -0.140. The fraction of sp³-hybridized carbons (Fsp3) is 0.429. The van der Waals surface area contributed by atoms with E-state index in [1.165, 1.54) is 0 Å². The molecule has 0 spiro atoms. The van der Waals surface area contributed by atoms with E-state index in [4.69, 9.17) is 9.47 Å². The van der Waals surface area contributed by atoms with Crippen LogP contribution in [0.25, 0.3) is 5.76 Å². The van der Waals surface area contributed by atoms with Crippen molar-refractivity contribution in [3.8, 4) is 5.75 Å². The van der Waals surface area contributed by atoms with Crippen LogP contribution in [-0.2, 0) is 14.3 Å². The van der Waals surface area contributed by atoms with Crippen LogP contribution in [0, 0.1) is 0 Å². The molecule has 2 aliphatic rings. The second-order valence-electron chi connectivity index (χ2n) is 8.94. The number of aliphatic hydroxyl groups excluding tert-OH is 1. The molecule has 2 saturated heterocycles. The van der Waals surface area contributed by atoms with Crippen LogP contribution in [0.15, 0.2) is 60.2 Å². The maximum atomic E-state index is 13.2. The number of likely N-dealkylation sites (tertiary alicyclic amines) is 1. The van der Waals surface area contributed by atoms with Crippen LogP contribution in [-0.4, -0.2) is 72.6 Å². The number of benzene rings is 2. The average Bonchev–Trinajstić information content (AvgIpc) is 3.15. The molecular weight excluding hydrogens is 444 g/mol. The Kier molecular flexibility index (Phi) is 8.55. The van der Waals surface area contributed by atoms with Gasteiger partial charge in [0.15, 0.2) is 0 Å². The van der Waals surface area contributed by atoms with Crippen molar-refractivity contribution >= 4 is 17.4 Å². The smallest absolute Gasteiger partial charge is 0.295 e. The van der Waals surface area contributed by atoms with Crippen molar-refractivity contribution in [1.29, 1.82) is 0 Å². The second kappa shape index (κ2) is 12.0. The monoisotopic (exact) mass is 478 g/mol. The summed E-state index contributed by atoms with van der Waals surface area (Å²) >= 11 is 0. The summed E-state index contributed by atoms with van der Waals surface area (Å²) in [4.78, 5) is 30.2. The Labute approximate surface area is 206 Å². The van der Waals surface area contributed by atoms with Crippen LogP contribution in [0.5, 0.6) is 5.75 Å². The van der Waals surface area contributed by atoms with Gasteiger partial charge in [0.2, 0.25) is 0 Å². The fourth-order valence-electron chi connectivity index (χ4n) is 4.60. The van der Waals surface area contributed by atoms with Crippen molar-refractivity contribution < 1.29 is 24.2 Å². The lowest BCUT2D eigenvalue weighted by atomic mass is 9.95. The highest BCUT2D eigenvalue weighted by molar-refractivity contribution is 6.46. The molecule has 4 rings (SSSR count). The number of hydrogen-bond acceptors (Lipinski definition) is 6. The third-order valence-electron chi connectivity index (χ3n) is 6.51. The Bertz CT molecular complexity index is 1050. The van der Waals surface area contributed by atoms with E-state index in [1.54, 1.807) is 23.1 Å². The van der Waals surface area contributed by atoms with Gasteiger partial charge in [0, 0.05) is 31.7 Å². The number of nitrogens with zero attached hydrogens (tertiary/aromatic N) is 2. The number of carbonyl (C=O) groups is 2. The van der Waals surface area contributed by atoms with Gasteiger partial charge in [0.05, 0.1) is 31.4 Å². The number of carbonyl (C=O) groups excluding carboxylic acids is 2. The minimum Gasteiger partial charge on any atom is -0.507 e. The lowest BCUT2D eigenvalue weighted by Crippen LogP contribution is -2.38. The molecule has 7 heteroatoms. The number of morpholine rings is 1. The fourth-order valence-corrected chi connectivity index (χ4v) is 4.60. The highest BCUT2D eigenvalue weighted by Gasteiger charge is 2.45. The van der Waals surface area contributed by atoms with E-state index >= 15 is 0 Å². The van der Waals surface area contributed by atoms with Gasteiger partial charge in [-0.15, -0.1) is 0 Å². The van der Waals surface area contributed by atoms with E-state index < -0.39 is 17.7 Å². The van der Waals surface area contributed by atoms with Crippen LogP contribution in [0.2, 0.25) is 0 Å². The quantitative estimate of drug-likeness (QED) is 0.241. The Balaban J connectivity index is 1.62. The highest BCUT2D eigenvalue weighted by Crippen LogP contribution is 2.39. The Morgan fingerprint density at radius 2 is 1.80 bits per heavy atom. The molecule has 0 aromatic heterocycles. The molecule has 0 aliphatic carbocycles. The normalized spacial score (nSPS) is 20.4. The number of aliphatic hydroxyl groups is 1. The molecule has 1 atom stereocenters. The third kappa shape index (κ3) is 5.92. The van der Waals surface area contributed by atoms with Crippen LogP contribution >= 0.6 is 0 Å². The van der Waals surface area contributed by atoms with E-state index in [0.29, 0.717) is 24.5 Å². The van der Waals surface area contributed by atoms with Gasteiger partial charge in [0.25, 0.3) is 11.7 Å². The summed E-state index contributed by atoms with van der Waals surface area (Å²) in [5, 5.41) is 11.3. The number of ketones is 1. The summed E-state index contributed by atoms with van der Waals surface area (Å²) in [6, 6.07) is 15.9. The van der Waals surface area contributed by atoms with Gasteiger partial charge in [-0.1, -0.05) is 55.8 Å². The summed E-state index contributed by atoms with van der Waals surface area (Å²) in [6.45, 7) is 7.11. The van der Waals surface area contributed by atoms with Crippen LogP contribution in [0.1, 0.15) is 43.4 Å². The average molecular weight is 479 g/mol. The maximum absolute atomic E-state index is 13.2. The van der Waals surface area contributed by atoms with Gasteiger partial charge in [-0.2, -0.15) is 0 Å².